The second-order valence-corrected chi connectivity index (χ2v) is 9.06. The largest absolute Gasteiger partial charge is 0.490 e. The third-order valence-corrected chi connectivity index (χ3v) is 6.80. The number of aliphatic carboxylic acids is 1. The number of carbonyl (C=O) groups is 1. The molecule has 33 heavy (non-hydrogen) atoms. The predicted molar refractivity (Wildman–Crippen MR) is 127 cm³/mol. The number of aromatic nitrogens is 1. The average Bonchev–Trinajstić information content (AvgIpc) is 3.30. The Labute approximate surface area is 195 Å². The Morgan fingerprint density at radius 3 is 2.61 bits per heavy atom. The van der Waals surface area contributed by atoms with Gasteiger partial charge in [-0.2, -0.15) is 0 Å². The lowest BCUT2D eigenvalue weighted by molar-refractivity contribution is -0.156. The maximum absolute atomic E-state index is 11.7. The molecule has 1 aliphatic carbocycles. The van der Waals surface area contributed by atoms with Crippen molar-refractivity contribution >= 4 is 5.97 Å². The topological polar surface area (TPSA) is 92.7 Å². The number of nitrogens with zero attached hydrogens (tertiary/aromatic N) is 1. The molecule has 1 saturated carbocycles. The van der Waals surface area contributed by atoms with E-state index in [1.165, 1.54) is 5.70 Å². The van der Waals surface area contributed by atoms with E-state index in [0.29, 0.717) is 25.7 Å². The molecule has 4 rings (SSSR count). The standard InChI is InChI=1S/C26H33N3O4/c1-4-19-15-28-24(29-19)18-5-8-23(27-14-18)22-7-6-21(13-17(22)2)33-20-9-11-26(12-10-20,16-32-3)25(30)31/h5-8,13-15,20,24,28-29H,4,9-12,16H2,1-3H3,(H,30,31)/t20-,24?,26-. The first-order valence-electron chi connectivity index (χ1n) is 11.6. The van der Waals surface area contributed by atoms with Crippen LogP contribution < -0.4 is 15.4 Å². The highest BCUT2D eigenvalue weighted by atomic mass is 16.5. The van der Waals surface area contributed by atoms with Gasteiger partial charge in [-0.05, 0) is 68.9 Å². The summed E-state index contributed by atoms with van der Waals surface area (Å²) >= 11 is 0. The number of hydrogen-bond acceptors (Lipinski definition) is 6. The van der Waals surface area contributed by atoms with Crippen LogP contribution in [-0.4, -0.2) is 35.9 Å². The molecule has 3 N–H and O–H groups in total. The normalized spacial score (nSPS) is 24.5. The predicted octanol–water partition coefficient (Wildman–Crippen LogP) is 4.54. The fourth-order valence-electron chi connectivity index (χ4n) is 4.72. The van der Waals surface area contributed by atoms with Gasteiger partial charge in [-0.1, -0.05) is 13.0 Å². The molecule has 7 nitrogen and oxygen atoms in total. The van der Waals surface area contributed by atoms with Crippen LogP contribution >= 0.6 is 0 Å². The van der Waals surface area contributed by atoms with E-state index in [-0.39, 0.29) is 18.9 Å². The molecule has 1 aromatic carbocycles. The average molecular weight is 452 g/mol. The minimum atomic E-state index is -0.788. The fraction of sp³-hybridized carbons (Fsp3) is 0.462. The Bertz CT molecular complexity index is 1010. The molecule has 1 atom stereocenters. The smallest absolute Gasteiger partial charge is 0.311 e. The van der Waals surface area contributed by atoms with Crippen LogP contribution in [0.15, 0.2) is 48.4 Å². The SMILES string of the molecule is CCC1=CNC(c2ccc(-c3ccc(O[C@H]4CC[C@](COC)(C(=O)O)CC4)cc3C)nc2)N1. The van der Waals surface area contributed by atoms with E-state index in [2.05, 4.69) is 35.5 Å². The summed E-state index contributed by atoms with van der Waals surface area (Å²) in [4.78, 5) is 16.4. The van der Waals surface area contributed by atoms with E-state index in [4.69, 9.17) is 9.47 Å². The van der Waals surface area contributed by atoms with Crippen LogP contribution in [-0.2, 0) is 9.53 Å². The number of benzene rings is 1. The van der Waals surface area contributed by atoms with E-state index in [0.717, 1.165) is 34.6 Å². The Morgan fingerprint density at radius 2 is 2.03 bits per heavy atom. The molecule has 2 aromatic rings. The van der Waals surface area contributed by atoms with Gasteiger partial charge < -0.3 is 25.2 Å². The number of carboxylic acids is 1. The van der Waals surface area contributed by atoms with Gasteiger partial charge in [0.25, 0.3) is 0 Å². The second kappa shape index (κ2) is 9.83. The van der Waals surface area contributed by atoms with Gasteiger partial charge in [0.15, 0.2) is 0 Å². The molecule has 0 bridgehead atoms. The molecule has 1 aliphatic heterocycles. The summed E-state index contributed by atoms with van der Waals surface area (Å²) in [5, 5.41) is 16.4. The number of rotatable bonds is 8. The quantitative estimate of drug-likeness (QED) is 0.543. The van der Waals surface area contributed by atoms with Crippen LogP contribution in [0, 0.1) is 12.3 Å². The van der Waals surface area contributed by atoms with Crippen molar-refractivity contribution in [2.45, 2.75) is 58.2 Å². The number of nitrogens with one attached hydrogen (secondary N) is 2. The van der Waals surface area contributed by atoms with Crippen LogP contribution in [0.2, 0.25) is 0 Å². The summed E-state index contributed by atoms with van der Waals surface area (Å²) in [6.07, 6.45) is 7.52. The van der Waals surface area contributed by atoms with Gasteiger partial charge in [0, 0.05) is 36.3 Å². The molecule has 1 fully saturated rings. The third-order valence-electron chi connectivity index (χ3n) is 6.80. The Morgan fingerprint density at radius 1 is 1.24 bits per heavy atom. The first kappa shape index (κ1) is 23.1. The van der Waals surface area contributed by atoms with Crippen molar-refractivity contribution in [2.24, 2.45) is 5.41 Å². The summed E-state index contributed by atoms with van der Waals surface area (Å²) in [6.45, 7) is 4.43. The lowest BCUT2D eigenvalue weighted by Crippen LogP contribution is -2.41. The summed E-state index contributed by atoms with van der Waals surface area (Å²) in [7, 11) is 1.56. The Balaban J connectivity index is 1.38. The number of ether oxygens (including phenoxy) is 2. The number of methoxy groups -OCH3 is 1. The summed E-state index contributed by atoms with van der Waals surface area (Å²) in [6, 6.07) is 10.2. The molecule has 2 aliphatic rings. The molecule has 0 amide bonds. The maximum Gasteiger partial charge on any atom is 0.311 e. The lowest BCUT2D eigenvalue weighted by Gasteiger charge is -2.36. The van der Waals surface area contributed by atoms with Gasteiger partial charge >= 0.3 is 5.97 Å². The van der Waals surface area contributed by atoms with Crippen molar-refractivity contribution in [3.8, 4) is 17.0 Å². The van der Waals surface area contributed by atoms with Gasteiger partial charge in [0.1, 0.15) is 11.9 Å². The number of hydrogen-bond donors (Lipinski definition) is 3. The van der Waals surface area contributed by atoms with Crippen LogP contribution in [0.3, 0.4) is 0 Å². The highest BCUT2D eigenvalue weighted by molar-refractivity contribution is 5.75. The first-order chi connectivity index (χ1) is 15.9. The van der Waals surface area contributed by atoms with Crippen molar-refractivity contribution in [1.82, 2.24) is 15.6 Å². The zero-order chi connectivity index (χ0) is 23.4. The van der Waals surface area contributed by atoms with Crippen LogP contribution in [0.4, 0.5) is 0 Å². The zero-order valence-electron chi connectivity index (χ0n) is 19.6. The molecular formula is C26H33N3O4. The summed E-state index contributed by atoms with van der Waals surface area (Å²) in [5.41, 5.74) is 4.59. The number of carboxylic acid groups (broad SMARTS) is 1. The van der Waals surface area contributed by atoms with E-state index in [1.807, 2.05) is 36.7 Å². The number of allylic oxidation sites excluding steroid dienone is 1. The minimum absolute atomic E-state index is 0.0185. The van der Waals surface area contributed by atoms with E-state index >= 15 is 0 Å². The molecule has 1 unspecified atom stereocenters. The monoisotopic (exact) mass is 451 g/mol. The van der Waals surface area contributed by atoms with Crippen molar-refractivity contribution in [3.05, 3.63) is 59.6 Å². The number of aryl methyl sites for hydroxylation is 1. The highest BCUT2D eigenvalue weighted by Crippen LogP contribution is 2.38. The molecule has 1 aromatic heterocycles. The van der Waals surface area contributed by atoms with Crippen LogP contribution in [0.1, 0.15) is 56.3 Å². The van der Waals surface area contributed by atoms with Crippen LogP contribution in [0.25, 0.3) is 11.3 Å². The van der Waals surface area contributed by atoms with Crippen molar-refractivity contribution in [3.63, 3.8) is 0 Å². The van der Waals surface area contributed by atoms with E-state index in [1.54, 1.807) is 7.11 Å². The van der Waals surface area contributed by atoms with Crippen molar-refractivity contribution in [2.75, 3.05) is 13.7 Å². The molecule has 2 heterocycles. The second-order valence-electron chi connectivity index (χ2n) is 9.06. The lowest BCUT2D eigenvalue weighted by atomic mass is 9.73. The number of pyridine rings is 1. The Kier molecular flexibility index (Phi) is 6.88. The molecule has 7 heteroatoms. The molecule has 176 valence electrons. The van der Waals surface area contributed by atoms with Gasteiger partial charge in [0.05, 0.1) is 23.8 Å². The first-order valence-corrected chi connectivity index (χ1v) is 11.6. The fourth-order valence-corrected chi connectivity index (χ4v) is 4.72. The molecule has 0 saturated heterocycles. The Hall–Kier alpha value is -3.06. The summed E-state index contributed by atoms with van der Waals surface area (Å²) < 4.78 is 11.4. The van der Waals surface area contributed by atoms with Gasteiger partial charge in [-0.25, -0.2) is 0 Å². The zero-order valence-corrected chi connectivity index (χ0v) is 19.6. The van der Waals surface area contributed by atoms with Gasteiger partial charge in [0.2, 0.25) is 0 Å². The molecule has 0 spiro atoms. The minimum Gasteiger partial charge on any atom is -0.490 e. The van der Waals surface area contributed by atoms with E-state index in [9.17, 15) is 9.90 Å². The molecular weight excluding hydrogens is 418 g/mol. The molecule has 0 radical (unpaired) electrons. The van der Waals surface area contributed by atoms with E-state index < -0.39 is 11.4 Å². The van der Waals surface area contributed by atoms with Crippen LogP contribution in [0.5, 0.6) is 5.75 Å². The summed E-state index contributed by atoms with van der Waals surface area (Å²) in [5.74, 6) is 0.0352. The third kappa shape index (κ3) is 4.98. The van der Waals surface area contributed by atoms with Gasteiger partial charge in [-0.3, -0.25) is 9.78 Å². The highest BCUT2D eigenvalue weighted by Gasteiger charge is 2.42. The van der Waals surface area contributed by atoms with Crippen molar-refractivity contribution < 1.29 is 19.4 Å². The van der Waals surface area contributed by atoms with Gasteiger partial charge in [-0.15, -0.1) is 0 Å². The maximum atomic E-state index is 11.7. The van der Waals surface area contributed by atoms with Crippen molar-refractivity contribution in [1.29, 1.82) is 0 Å².